The standard InChI is InChI=1S/C23H29N3O2/c1-27-22-9-8-19(16-23(22)28-15-5-4-11-24)17-25-12-14-26-13-10-20-6-2-3-7-21(20)18-26/h2-3,6-9,16,25H,4-5,10,12-15,17-18H2,1H3. The van der Waals surface area contributed by atoms with Crippen molar-refractivity contribution in [3.63, 3.8) is 0 Å². The summed E-state index contributed by atoms with van der Waals surface area (Å²) in [6, 6.07) is 16.9. The summed E-state index contributed by atoms with van der Waals surface area (Å²) in [7, 11) is 1.65. The molecule has 0 fully saturated rings. The minimum atomic E-state index is 0.505. The van der Waals surface area contributed by atoms with Crippen LogP contribution in [0.3, 0.4) is 0 Å². The van der Waals surface area contributed by atoms with Gasteiger partial charge in [-0.3, -0.25) is 4.90 Å². The van der Waals surface area contributed by atoms with Gasteiger partial charge in [-0.1, -0.05) is 30.3 Å². The van der Waals surface area contributed by atoms with E-state index in [1.54, 1.807) is 7.11 Å². The maximum absolute atomic E-state index is 8.63. The number of hydrogen-bond acceptors (Lipinski definition) is 5. The first-order valence-electron chi connectivity index (χ1n) is 9.96. The molecule has 148 valence electrons. The average Bonchev–Trinajstić information content (AvgIpc) is 2.74. The van der Waals surface area contributed by atoms with Crippen LogP contribution in [0.25, 0.3) is 0 Å². The van der Waals surface area contributed by atoms with Crippen LogP contribution in [-0.4, -0.2) is 38.3 Å². The molecular weight excluding hydrogens is 350 g/mol. The first kappa shape index (κ1) is 20.2. The average molecular weight is 380 g/mol. The lowest BCUT2D eigenvalue weighted by atomic mass is 10.00. The molecule has 0 bridgehead atoms. The minimum absolute atomic E-state index is 0.505. The van der Waals surface area contributed by atoms with Gasteiger partial charge in [0.1, 0.15) is 0 Å². The number of fused-ring (bicyclic) bond motifs is 1. The number of hydrogen-bond donors (Lipinski definition) is 1. The predicted octanol–water partition coefficient (Wildman–Crippen LogP) is 3.53. The Hall–Kier alpha value is -2.55. The first-order valence-corrected chi connectivity index (χ1v) is 9.96. The Balaban J connectivity index is 1.44. The van der Waals surface area contributed by atoms with Crippen LogP contribution in [0.5, 0.6) is 11.5 Å². The Morgan fingerprint density at radius 1 is 1.14 bits per heavy atom. The molecule has 5 nitrogen and oxygen atoms in total. The van der Waals surface area contributed by atoms with Gasteiger partial charge in [0.05, 0.1) is 19.8 Å². The van der Waals surface area contributed by atoms with Gasteiger partial charge in [0.2, 0.25) is 0 Å². The van der Waals surface area contributed by atoms with Crippen molar-refractivity contribution in [3.8, 4) is 17.6 Å². The maximum atomic E-state index is 8.63. The molecule has 0 saturated heterocycles. The van der Waals surface area contributed by atoms with Gasteiger partial charge >= 0.3 is 0 Å². The first-order chi connectivity index (χ1) is 13.8. The van der Waals surface area contributed by atoms with E-state index in [0.717, 1.165) is 57.1 Å². The fourth-order valence-electron chi connectivity index (χ4n) is 3.49. The van der Waals surface area contributed by atoms with E-state index in [2.05, 4.69) is 46.6 Å². The monoisotopic (exact) mass is 379 g/mol. The number of nitrogens with one attached hydrogen (secondary N) is 1. The second-order valence-electron chi connectivity index (χ2n) is 7.07. The second kappa shape index (κ2) is 10.7. The summed E-state index contributed by atoms with van der Waals surface area (Å²) in [4.78, 5) is 2.51. The molecule has 1 heterocycles. The van der Waals surface area contributed by atoms with Gasteiger partial charge in [-0.2, -0.15) is 5.26 Å². The molecule has 0 atom stereocenters. The molecule has 0 aromatic heterocycles. The number of methoxy groups -OCH3 is 1. The topological polar surface area (TPSA) is 57.5 Å². The lowest BCUT2D eigenvalue weighted by Crippen LogP contribution is -2.35. The lowest BCUT2D eigenvalue weighted by molar-refractivity contribution is 0.253. The Morgan fingerprint density at radius 2 is 2.00 bits per heavy atom. The van der Waals surface area contributed by atoms with E-state index in [9.17, 15) is 0 Å². The van der Waals surface area contributed by atoms with Crippen LogP contribution in [-0.2, 0) is 19.5 Å². The van der Waals surface area contributed by atoms with E-state index in [-0.39, 0.29) is 0 Å². The van der Waals surface area contributed by atoms with Gasteiger partial charge in [-0.15, -0.1) is 0 Å². The number of nitriles is 1. The molecule has 28 heavy (non-hydrogen) atoms. The molecule has 0 unspecified atom stereocenters. The van der Waals surface area contributed by atoms with Crippen molar-refractivity contribution >= 4 is 0 Å². The third-order valence-corrected chi connectivity index (χ3v) is 5.06. The Morgan fingerprint density at radius 3 is 2.82 bits per heavy atom. The largest absolute Gasteiger partial charge is 0.493 e. The molecule has 1 N–H and O–H groups in total. The highest BCUT2D eigenvalue weighted by atomic mass is 16.5. The van der Waals surface area contributed by atoms with Crippen molar-refractivity contribution in [1.29, 1.82) is 5.26 Å². The molecule has 2 aromatic rings. The van der Waals surface area contributed by atoms with Crippen molar-refractivity contribution < 1.29 is 9.47 Å². The van der Waals surface area contributed by atoms with Crippen LogP contribution >= 0.6 is 0 Å². The molecule has 3 rings (SSSR count). The van der Waals surface area contributed by atoms with Crippen LogP contribution in [0.15, 0.2) is 42.5 Å². The molecule has 0 amide bonds. The highest BCUT2D eigenvalue weighted by molar-refractivity contribution is 5.43. The van der Waals surface area contributed by atoms with Crippen molar-refractivity contribution in [2.45, 2.75) is 32.4 Å². The minimum Gasteiger partial charge on any atom is -0.493 e. The zero-order valence-electron chi connectivity index (χ0n) is 16.6. The number of nitrogens with zero attached hydrogens (tertiary/aromatic N) is 2. The van der Waals surface area contributed by atoms with Gasteiger partial charge in [-0.05, 0) is 41.7 Å². The number of benzene rings is 2. The van der Waals surface area contributed by atoms with Gasteiger partial charge in [0.25, 0.3) is 0 Å². The van der Waals surface area contributed by atoms with Crippen molar-refractivity contribution in [2.75, 3.05) is 33.4 Å². The normalized spacial score (nSPS) is 13.6. The van der Waals surface area contributed by atoms with Crippen LogP contribution in [0.2, 0.25) is 0 Å². The van der Waals surface area contributed by atoms with Gasteiger partial charge in [0, 0.05) is 39.1 Å². The summed E-state index contributed by atoms with van der Waals surface area (Å²) >= 11 is 0. The summed E-state index contributed by atoms with van der Waals surface area (Å²) in [6.45, 7) is 5.48. The summed E-state index contributed by atoms with van der Waals surface area (Å²) in [5.74, 6) is 1.47. The SMILES string of the molecule is COc1ccc(CNCCN2CCc3ccccc3C2)cc1OCCCC#N. The van der Waals surface area contributed by atoms with E-state index >= 15 is 0 Å². The fourth-order valence-corrected chi connectivity index (χ4v) is 3.49. The molecule has 2 aromatic carbocycles. The lowest BCUT2D eigenvalue weighted by Gasteiger charge is -2.28. The van der Waals surface area contributed by atoms with Crippen LogP contribution < -0.4 is 14.8 Å². The molecule has 0 radical (unpaired) electrons. The Bertz CT molecular complexity index is 801. The molecule has 0 saturated carbocycles. The van der Waals surface area contributed by atoms with E-state index in [1.165, 1.54) is 16.7 Å². The van der Waals surface area contributed by atoms with Crippen LogP contribution in [0.4, 0.5) is 0 Å². The van der Waals surface area contributed by atoms with Crippen molar-refractivity contribution in [2.24, 2.45) is 0 Å². The molecule has 1 aliphatic rings. The van der Waals surface area contributed by atoms with E-state index in [4.69, 9.17) is 14.7 Å². The van der Waals surface area contributed by atoms with E-state index in [1.807, 2.05) is 12.1 Å². The maximum Gasteiger partial charge on any atom is 0.161 e. The van der Waals surface area contributed by atoms with E-state index in [0.29, 0.717) is 13.0 Å². The highest BCUT2D eigenvalue weighted by Crippen LogP contribution is 2.28. The van der Waals surface area contributed by atoms with Crippen LogP contribution in [0, 0.1) is 11.3 Å². The quantitative estimate of drug-likeness (QED) is 0.640. The smallest absolute Gasteiger partial charge is 0.161 e. The van der Waals surface area contributed by atoms with Gasteiger partial charge in [0.15, 0.2) is 11.5 Å². The molecule has 0 spiro atoms. The van der Waals surface area contributed by atoms with Crippen molar-refractivity contribution in [1.82, 2.24) is 10.2 Å². The molecule has 1 aliphatic heterocycles. The van der Waals surface area contributed by atoms with Crippen molar-refractivity contribution in [3.05, 3.63) is 59.2 Å². The Labute approximate surface area is 167 Å². The zero-order chi connectivity index (χ0) is 19.6. The summed E-state index contributed by atoms with van der Waals surface area (Å²) in [5, 5.41) is 12.2. The highest BCUT2D eigenvalue weighted by Gasteiger charge is 2.14. The zero-order valence-corrected chi connectivity index (χ0v) is 16.6. The Kier molecular flexibility index (Phi) is 7.71. The fraction of sp³-hybridized carbons (Fsp3) is 0.435. The number of unbranched alkanes of at least 4 members (excludes halogenated alkanes) is 1. The van der Waals surface area contributed by atoms with E-state index < -0.39 is 0 Å². The summed E-state index contributed by atoms with van der Waals surface area (Å²) in [5.41, 5.74) is 4.12. The second-order valence-corrected chi connectivity index (χ2v) is 7.07. The third-order valence-electron chi connectivity index (χ3n) is 5.06. The predicted molar refractivity (Wildman–Crippen MR) is 110 cm³/mol. The summed E-state index contributed by atoms with van der Waals surface area (Å²) < 4.78 is 11.2. The van der Waals surface area contributed by atoms with Crippen LogP contribution in [0.1, 0.15) is 29.5 Å². The van der Waals surface area contributed by atoms with Gasteiger partial charge in [-0.25, -0.2) is 0 Å². The number of ether oxygens (including phenoxy) is 2. The molecule has 0 aliphatic carbocycles. The summed E-state index contributed by atoms with van der Waals surface area (Å²) in [6.07, 6.45) is 2.37. The van der Waals surface area contributed by atoms with Gasteiger partial charge < -0.3 is 14.8 Å². The molecular formula is C23H29N3O2. The number of rotatable bonds is 10. The third kappa shape index (κ3) is 5.72. The molecule has 5 heteroatoms.